The van der Waals surface area contributed by atoms with Crippen LogP contribution in [0.15, 0.2) is 18.2 Å². The van der Waals surface area contributed by atoms with Crippen molar-refractivity contribution in [1.82, 2.24) is 5.32 Å². The van der Waals surface area contributed by atoms with E-state index in [0.717, 1.165) is 3.57 Å². The lowest BCUT2D eigenvalue weighted by atomic mass is 10.0. The lowest BCUT2D eigenvalue weighted by Crippen LogP contribution is -2.40. The summed E-state index contributed by atoms with van der Waals surface area (Å²) < 4.78 is 0.819. The molecule has 1 atom stereocenters. The highest BCUT2D eigenvalue weighted by Crippen LogP contribution is 2.20. The molecule has 19 heavy (non-hydrogen) atoms. The number of aliphatic carboxylic acids is 1. The van der Waals surface area contributed by atoms with Gasteiger partial charge >= 0.3 is 5.97 Å². The number of aromatic hydroxyl groups is 1. The number of hydrogen-bond acceptors (Lipinski definition) is 3. The molecule has 0 aromatic heterocycles. The van der Waals surface area contributed by atoms with Crippen molar-refractivity contribution in [3.05, 3.63) is 27.3 Å². The van der Waals surface area contributed by atoms with Crippen LogP contribution in [0.3, 0.4) is 0 Å². The van der Waals surface area contributed by atoms with Gasteiger partial charge in [-0.2, -0.15) is 0 Å². The Hall–Kier alpha value is -1.31. The number of phenolic OH excluding ortho intramolecular Hbond substituents is 1. The van der Waals surface area contributed by atoms with Crippen LogP contribution in [0, 0.1) is 9.49 Å². The first-order valence-corrected chi connectivity index (χ1v) is 6.90. The first-order valence-electron chi connectivity index (χ1n) is 5.82. The molecule has 0 radical (unpaired) electrons. The number of phenols is 1. The smallest absolute Gasteiger partial charge is 0.305 e. The van der Waals surface area contributed by atoms with Crippen molar-refractivity contribution in [3.8, 4) is 5.75 Å². The summed E-state index contributed by atoms with van der Waals surface area (Å²) in [7, 11) is 0. The zero-order valence-corrected chi connectivity index (χ0v) is 12.8. The summed E-state index contributed by atoms with van der Waals surface area (Å²) >= 11 is 2.04. The fourth-order valence-corrected chi connectivity index (χ4v) is 2.07. The van der Waals surface area contributed by atoms with Crippen molar-refractivity contribution in [1.29, 1.82) is 0 Å². The molecular weight excluding hydrogens is 361 g/mol. The number of hydrogen-bond donors (Lipinski definition) is 3. The second-order valence-electron chi connectivity index (χ2n) is 4.58. The molecule has 0 aliphatic heterocycles. The minimum atomic E-state index is -0.967. The van der Waals surface area contributed by atoms with E-state index < -0.39 is 17.9 Å². The Morgan fingerprint density at radius 2 is 2.00 bits per heavy atom. The van der Waals surface area contributed by atoms with Gasteiger partial charge in [-0.05, 0) is 46.7 Å². The van der Waals surface area contributed by atoms with E-state index in [-0.39, 0.29) is 23.7 Å². The van der Waals surface area contributed by atoms with Gasteiger partial charge in [0.05, 0.1) is 12.0 Å². The SMILES string of the molecule is CC(C)C(CC(=O)O)NC(=O)c1cc(I)ccc1O. The molecule has 0 heterocycles. The monoisotopic (exact) mass is 377 g/mol. The van der Waals surface area contributed by atoms with Crippen LogP contribution in [0.25, 0.3) is 0 Å². The van der Waals surface area contributed by atoms with E-state index in [1.165, 1.54) is 6.07 Å². The molecule has 0 aliphatic carbocycles. The van der Waals surface area contributed by atoms with Gasteiger partial charge in [-0.25, -0.2) is 0 Å². The first kappa shape index (κ1) is 15.7. The van der Waals surface area contributed by atoms with E-state index in [2.05, 4.69) is 5.32 Å². The summed E-state index contributed by atoms with van der Waals surface area (Å²) in [5.74, 6) is -1.55. The van der Waals surface area contributed by atoms with Crippen molar-refractivity contribution < 1.29 is 19.8 Å². The molecule has 0 spiro atoms. The van der Waals surface area contributed by atoms with Gasteiger partial charge in [-0.1, -0.05) is 13.8 Å². The number of amides is 1. The van der Waals surface area contributed by atoms with Crippen LogP contribution < -0.4 is 5.32 Å². The topological polar surface area (TPSA) is 86.6 Å². The van der Waals surface area contributed by atoms with Crippen LogP contribution in [0.1, 0.15) is 30.6 Å². The van der Waals surface area contributed by atoms with Gasteiger partial charge in [-0.3, -0.25) is 9.59 Å². The number of carbonyl (C=O) groups is 2. The maximum atomic E-state index is 12.0. The highest BCUT2D eigenvalue weighted by molar-refractivity contribution is 14.1. The molecule has 1 aromatic carbocycles. The average molecular weight is 377 g/mol. The number of carboxylic acid groups (broad SMARTS) is 1. The highest BCUT2D eigenvalue weighted by atomic mass is 127. The molecule has 1 amide bonds. The maximum Gasteiger partial charge on any atom is 0.305 e. The van der Waals surface area contributed by atoms with Gasteiger partial charge in [0.15, 0.2) is 0 Å². The van der Waals surface area contributed by atoms with Crippen molar-refractivity contribution in [2.75, 3.05) is 0 Å². The van der Waals surface area contributed by atoms with Crippen molar-refractivity contribution in [2.45, 2.75) is 26.3 Å². The Labute approximate surface area is 125 Å². The number of carboxylic acids is 1. The Morgan fingerprint density at radius 3 is 2.53 bits per heavy atom. The van der Waals surface area contributed by atoms with Gasteiger partial charge in [-0.15, -0.1) is 0 Å². The lowest BCUT2D eigenvalue weighted by molar-refractivity contribution is -0.137. The van der Waals surface area contributed by atoms with E-state index in [4.69, 9.17) is 5.11 Å². The summed E-state index contributed by atoms with van der Waals surface area (Å²) in [4.78, 5) is 22.8. The quantitative estimate of drug-likeness (QED) is 0.687. The zero-order chi connectivity index (χ0) is 14.6. The Balaban J connectivity index is 2.87. The molecule has 0 saturated carbocycles. The molecule has 1 aromatic rings. The van der Waals surface area contributed by atoms with Crippen LogP contribution in [0.4, 0.5) is 0 Å². The molecular formula is C13H16INO4. The van der Waals surface area contributed by atoms with Crippen molar-refractivity contribution in [2.24, 2.45) is 5.92 Å². The van der Waals surface area contributed by atoms with Crippen LogP contribution in [0.5, 0.6) is 5.75 Å². The van der Waals surface area contributed by atoms with Gasteiger partial charge < -0.3 is 15.5 Å². The molecule has 3 N–H and O–H groups in total. The molecule has 0 aliphatic rings. The number of carbonyl (C=O) groups excluding carboxylic acids is 1. The van der Waals surface area contributed by atoms with Crippen LogP contribution >= 0.6 is 22.6 Å². The number of rotatable bonds is 5. The average Bonchev–Trinajstić information content (AvgIpc) is 2.30. The van der Waals surface area contributed by atoms with Gasteiger partial charge in [0.25, 0.3) is 5.91 Å². The lowest BCUT2D eigenvalue weighted by Gasteiger charge is -2.20. The number of halogens is 1. The summed E-state index contributed by atoms with van der Waals surface area (Å²) in [5, 5.41) is 21.1. The molecule has 0 saturated heterocycles. The fourth-order valence-electron chi connectivity index (χ4n) is 1.58. The molecule has 104 valence electrons. The second kappa shape index (κ2) is 6.74. The first-order chi connectivity index (χ1) is 8.81. The maximum absolute atomic E-state index is 12.0. The Kier molecular flexibility index (Phi) is 5.59. The number of benzene rings is 1. The minimum Gasteiger partial charge on any atom is -0.507 e. The third kappa shape index (κ3) is 4.70. The second-order valence-corrected chi connectivity index (χ2v) is 5.83. The third-order valence-electron chi connectivity index (χ3n) is 2.72. The van der Waals surface area contributed by atoms with E-state index in [9.17, 15) is 14.7 Å². The number of nitrogens with one attached hydrogen (secondary N) is 1. The largest absolute Gasteiger partial charge is 0.507 e. The molecule has 0 bridgehead atoms. The van der Waals surface area contributed by atoms with E-state index in [0.29, 0.717) is 0 Å². The predicted octanol–water partition coefficient (Wildman–Crippen LogP) is 2.23. The molecule has 1 rings (SSSR count). The van der Waals surface area contributed by atoms with E-state index >= 15 is 0 Å². The van der Waals surface area contributed by atoms with Crippen LogP contribution in [0.2, 0.25) is 0 Å². The summed E-state index contributed by atoms with van der Waals surface area (Å²) in [5.41, 5.74) is 0.155. The summed E-state index contributed by atoms with van der Waals surface area (Å²) in [6.45, 7) is 3.67. The summed E-state index contributed by atoms with van der Waals surface area (Å²) in [6.07, 6.45) is -0.145. The van der Waals surface area contributed by atoms with Crippen LogP contribution in [-0.2, 0) is 4.79 Å². The van der Waals surface area contributed by atoms with Gasteiger partial charge in [0, 0.05) is 9.61 Å². The van der Waals surface area contributed by atoms with Crippen molar-refractivity contribution in [3.63, 3.8) is 0 Å². The molecule has 0 fully saturated rings. The fraction of sp³-hybridized carbons (Fsp3) is 0.385. The van der Waals surface area contributed by atoms with Gasteiger partial charge in [0.1, 0.15) is 5.75 Å². The van der Waals surface area contributed by atoms with Crippen molar-refractivity contribution >= 4 is 34.5 Å². The van der Waals surface area contributed by atoms with Gasteiger partial charge in [0.2, 0.25) is 0 Å². The van der Waals surface area contributed by atoms with E-state index in [1.807, 2.05) is 36.4 Å². The normalized spacial score (nSPS) is 12.2. The van der Waals surface area contributed by atoms with E-state index in [1.54, 1.807) is 12.1 Å². The molecule has 5 nitrogen and oxygen atoms in total. The third-order valence-corrected chi connectivity index (χ3v) is 3.39. The minimum absolute atomic E-state index is 0.00928. The Morgan fingerprint density at radius 1 is 1.37 bits per heavy atom. The Bertz CT molecular complexity index is 488. The predicted molar refractivity (Wildman–Crippen MR) is 79.2 cm³/mol. The molecule has 1 unspecified atom stereocenters. The zero-order valence-electron chi connectivity index (χ0n) is 10.7. The van der Waals surface area contributed by atoms with Crippen LogP contribution in [-0.4, -0.2) is 28.1 Å². The summed E-state index contributed by atoms with van der Waals surface area (Å²) in [6, 6.07) is 4.22. The molecule has 6 heteroatoms. The standard InChI is InChI=1S/C13H16INO4/c1-7(2)10(6-12(17)18)15-13(19)9-5-8(14)3-4-11(9)16/h3-5,7,10,16H,6H2,1-2H3,(H,15,19)(H,17,18). The highest BCUT2D eigenvalue weighted by Gasteiger charge is 2.21.